The van der Waals surface area contributed by atoms with Crippen LogP contribution in [0.15, 0.2) is 53.4 Å². The molecule has 0 bridgehead atoms. The Balaban J connectivity index is 2.10. The van der Waals surface area contributed by atoms with E-state index in [9.17, 15) is 13.2 Å². The highest BCUT2D eigenvalue weighted by Gasteiger charge is 2.15. The molecular formula is C17H16N2O3S. The first-order valence-corrected chi connectivity index (χ1v) is 8.61. The monoisotopic (exact) mass is 328 g/mol. The summed E-state index contributed by atoms with van der Waals surface area (Å²) in [6.07, 6.45) is -0.219. The van der Waals surface area contributed by atoms with Gasteiger partial charge in [0.15, 0.2) is 9.84 Å². The fraction of sp³-hybridized carbons (Fsp3) is 0.176. The van der Waals surface area contributed by atoms with Crippen molar-refractivity contribution in [3.8, 4) is 6.07 Å². The van der Waals surface area contributed by atoms with Gasteiger partial charge in [0.2, 0.25) is 5.91 Å². The third-order valence-corrected chi connectivity index (χ3v) is 4.92. The number of rotatable bonds is 5. The standard InChI is InChI=1S/C17H16N2O3S/c1-13-2-8-16(9-3-13)23(21,22)12-14-4-6-15(7-5-14)19-17(20)10-11-18/h2-9H,10,12H2,1H3,(H,19,20). The van der Waals surface area contributed by atoms with Crippen molar-refractivity contribution in [2.75, 3.05) is 5.32 Å². The highest BCUT2D eigenvalue weighted by atomic mass is 32.2. The molecule has 118 valence electrons. The number of carbonyl (C=O) groups excluding carboxylic acids is 1. The van der Waals surface area contributed by atoms with E-state index in [1.54, 1.807) is 54.6 Å². The highest BCUT2D eigenvalue weighted by Crippen LogP contribution is 2.18. The zero-order chi connectivity index (χ0) is 16.9. The number of aryl methyl sites for hydroxylation is 1. The molecule has 5 nitrogen and oxygen atoms in total. The van der Waals surface area contributed by atoms with Crippen LogP contribution in [-0.4, -0.2) is 14.3 Å². The van der Waals surface area contributed by atoms with Crippen LogP contribution in [0.5, 0.6) is 0 Å². The number of amides is 1. The van der Waals surface area contributed by atoms with Gasteiger partial charge >= 0.3 is 0 Å². The summed E-state index contributed by atoms with van der Waals surface area (Å²) in [5.41, 5.74) is 2.16. The summed E-state index contributed by atoms with van der Waals surface area (Å²) < 4.78 is 24.7. The summed E-state index contributed by atoms with van der Waals surface area (Å²) in [4.78, 5) is 11.6. The molecule has 0 aliphatic carbocycles. The lowest BCUT2D eigenvalue weighted by atomic mass is 10.2. The van der Waals surface area contributed by atoms with E-state index in [4.69, 9.17) is 5.26 Å². The quantitative estimate of drug-likeness (QED) is 0.914. The van der Waals surface area contributed by atoms with Gasteiger partial charge in [0.05, 0.1) is 16.7 Å². The van der Waals surface area contributed by atoms with Crippen molar-refractivity contribution in [2.45, 2.75) is 24.0 Å². The molecule has 0 heterocycles. The van der Waals surface area contributed by atoms with Crippen molar-refractivity contribution < 1.29 is 13.2 Å². The van der Waals surface area contributed by atoms with Crippen LogP contribution < -0.4 is 5.32 Å². The van der Waals surface area contributed by atoms with Crippen LogP contribution >= 0.6 is 0 Å². The Hall–Kier alpha value is -2.65. The molecule has 0 atom stereocenters. The molecule has 0 aromatic heterocycles. The summed E-state index contributed by atoms with van der Waals surface area (Å²) in [5.74, 6) is -0.504. The number of nitriles is 1. The van der Waals surface area contributed by atoms with Crippen LogP contribution in [0.4, 0.5) is 5.69 Å². The largest absolute Gasteiger partial charge is 0.325 e. The molecule has 1 N–H and O–H groups in total. The van der Waals surface area contributed by atoms with Crippen molar-refractivity contribution in [3.05, 3.63) is 59.7 Å². The van der Waals surface area contributed by atoms with Crippen molar-refractivity contribution in [1.82, 2.24) is 0 Å². The molecule has 1 amide bonds. The lowest BCUT2D eigenvalue weighted by molar-refractivity contribution is -0.115. The van der Waals surface area contributed by atoms with Crippen molar-refractivity contribution in [3.63, 3.8) is 0 Å². The van der Waals surface area contributed by atoms with Gasteiger partial charge in [-0.05, 0) is 36.8 Å². The van der Waals surface area contributed by atoms with Gasteiger partial charge in [0.25, 0.3) is 0 Å². The maximum atomic E-state index is 12.4. The van der Waals surface area contributed by atoms with Crippen LogP contribution in [0.1, 0.15) is 17.5 Å². The summed E-state index contributed by atoms with van der Waals surface area (Å²) in [6, 6.07) is 15.0. The van der Waals surface area contributed by atoms with Crippen molar-refractivity contribution in [1.29, 1.82) is 5.26 Å². The minimum atomic E-state index is -3.41. The van der Waals surface area contributed by atoms with Gasteiger partial charge in [-0.1, -0.05) is 29.8 Å². The molecule has 0 fully saturated rings. The van der Waals surface area contributed by atoms with Gasteiger partial charge in [-0.3, -0.25) is 4.79 Å². The number of carbonyl (C=O) groups is 1. The Morgan fingerprint density at radius 3 is 2.26 bits per heavy atom. The highest BCUT2D eigenvalue weighted by molar-refractivity contribution is 7.90. The predicted molar refractivity (Wildman–Crippen MR) is 87.4 cm³/mol. The van der Waals surface area contributed by atoms with Crippen LogP contribution in [0.2, 0.25) is 0 Å². The molecule has 6 heteroatoms. The first-order chi connectivity index (χ1) is 10.9. The Bertz CT molecular complexity index is 833. The van der Waals surface area contributed by atoms with Crippen LogP contribution in [-0.2, 0) is 20.4 Å². The Morgan fingerprint density at radius 1 is 1.09 bits per heavy atom. The number of benzene rings is 2. The zero-order valence-corrected chi connectivity index (χ0v) is 13.4. The molecule has 0 spiro atoms. The summed E-state index contributed by atoms with van der Waals surface area (Å²) in [5, 5.41) is 11.0. The lowest BCUT2D eigenvalue weighted by Gasteiger charge is -2.07. The second kappa shape index (κ2) is 7.07. The van der Waals surface area contributed by atoms with E-state index in [1.807, 2.05) is 6.92 Å². The summed E-state index contributed by atoms with van der Waals surface area (Å²) in [7, 11) is -3.41. The Labute approximate surface area is 135 Å². The molecular weight excluding hydrogens is 312 g/mol. The van der Waals surface area contributed by atoms with E-state index in [0.717, 1.165) is 5.56 Å². The van der Waals surface area contributed by atoms with E-state index in [-0.39, 0.29) is 17.1 Å². The smallest absolute Gasteiger partial charge is 0.238 e. The summed E-state index contributed by atoms with van der Waals surface area (Å²) >= 11 is 0. The zero-order valence-electron chi connectivity index (χ0n) is 12.6. The number of nitrogens with one attached hydrogen (secondary N) is 1. The van der Waals surface area contributed by atoms with Gasteiger partial charge in [-0.2, -0.15) is 5.26 Å². The topological polar surface area (TPSA) is 87.0 Å². The van der Waals surface area contributed by atoms with Crippen LogP contribution in [0.3, 0.4) is 0 Å². The molecule has 0 aliphatic rings. The fourth-order valence-electron chi connectivity index (χ4n) is 2.01. The predicted octanol–water partition coefficient (Wildman–Crippen LogP) is 2.82. The molecule has 0 saturated heterocycles. The third-order valence-electron chi connectivity index (χ3n) is 3.21. The molecule has 0 unspecified atom stereocenters. The number of hydrogen-bond acceptors (Lipinski definition) is 4. The van der Waals surface area contributed by atoms with E-state index in [2.05, 4.69) is 5.32 Å². The number of sulfone groups is 1. The average Bonchev–Trinajstić information content (AvgIpc) is 2.50. The third kappa shape index (κ3) is 4.66. The van der Waals surface area contributed by atoms with E-state index in [0.29, 0.717) is 11.3 Å². The summed E-state index contributed by atoms with van der Waals surface area (Å²) in [6.45, 7) is 1.90. The van der Waals surface area contributed by atoms with Crippen LogP contribution in [0.25, 0.3) is 0 Å². The van der Waals surface area contributed by atoms with Crippen molar-refractivity contribution in [2.24, 2.45) is 0 Å². The van der Waals surface area contributed by atoms with Gasteiger partial charge in [-0.15, -0.1) is 0 Å². The molecule has 2 aromatic carbocycles. The number of nitrogens with zero attached hydrogens (tertiary/aromatic N) is 1. The minimum Gasteiger partial charge on any atom is -0.325 e. The first-order valence-electron chi connectivity index (χ1n) is 6.96. The molecule has 0 radical (unpaired) electrons. The normalized spacial score (nSPS) is 10.8. The minimum absolute atomic E-state index is 0.109. The maximum Gasteiger partial charge on any atom is 0.238 e. The number of hydrogen-bond donors (Lipinski definition) is 1. The van der Waals surface area contributed by atoms with E-state index < -0.39 is 15.7 Å². The molecule has 0 saturated carbocycles. The number of anilines is 1. The molecule has 2 aromatic rings. The van der Waals surface area contributed by atoms with Crippen molar-refractivity contribution >= 4 is 21.4 Å². The average molecular weight is 328 g/mol. The maximum absolute atomic E-state index is 12.4. The second-order valence-electron chi connectivity index (χ2n) is 5.15. The molecule has 2 rings (SSSR count). The van der Waals surface area contributed by atoms with E-state index >= 15 is 0 Å². The van der Waals surface area contributed by atoms with E-state index in [1.165, 1.54) is 0 Å². The van der Waals surface area contributed by atoms with Gasteiger partial charge < -0.3 is 5.32 Å². The second-order valence-corrected chi connectivity index (χ2v) is 7.14. The first kappa shape index (κ1) is 16.7. The van der Waals surface area contributed by atoms with Gasteiger partial charge in [0, 0.05) is 5.69 Å². The van der Waals surface area contributed by atoms with Gasteiger partial charge in [-0.25, -0.2) is 8.42 Å². The Kier molecular flexibility index (Phi) is 5.14. The SMILES string of the molecule is Cc1ccc(S(=O)(=O)Cc2ccc(NC(=O)CC#N)cc2)cc1. The Morgan fingerprint density at radius 2 is 1.70 bits per heavy atom. The molecule has 0 aliphatic heterocycles. The fourth-order valence-corrected chi connectivity index (χ4v) is 3.36. The lowest BCUT2D eigenvalue weighted by Crippen LogP contribution is -2.10. The van der Waals surface area contributed by atoms with Crippen LogP contribution in [0, 0.1) is 18.3 Å². The molecule has 23 heavy (non-hydrogen) atoms. The van der Waals surface area contributed by atoms with Gasteiger partial charge in [0.1, 0.15) is 6.42 Å².